The smallest absolute Gasteiger partial charge is 0.226 e. The van der Waals surface area contributed by atoms with Crippen LogP contribution in [0.15, 0.2) is 0 Å². The van der Waals surface area contributed by atoms with Gasteiger partial charge in [0, 0.05) is 30.5 Å². The molecule has 3 atom stereocenters. The summed E-state index contributed by atoms with van der Waals surface area (Å²) in [5, 5.41) is 3.43. The molecular formula is C19H35ClN2O2. The third-order valence-electron chi connectivity index (χ3n) is 6.70. The second-order valence-electron chi connectivity index (χ2n) is 8.42. The van der Waals surface area contributed by atoms with Gasteiger partial charge in [-0.3, -0.25) is 4.79 Å². The van der Waals surface area contributed by atoms with Crippen molar-refractivity contribution in [3.63, 3.8) is 0 Å². The second-order valence-corrected chi connectivity index (χ2v) is 8.42. The Hall–Kier alpha value is -0.320. The molecule has 140 valence electrons. The first kappa shape index (κ1) is 20.0. The predicted octanol–water partition coefficient (Wildman–Crippen LogP) is 3.24. The second kappa shape index (κ2) is 7.51. The number of amides is 1. The first-order valence-electron chi connectivity index (χ1n) is 9.59. The summed E-state index contributed by atoms with van der Waals surface area (Å²) in [4.78, 5) is 15.4. The summed E-state index contributed by atoms with van der Waals surface area (Å²) in [6, 6.07) is 0.353. The molecule has 0 aromatic rings. The number of carbonyl (C=O) groups excluding carboxylic acids is 1. The highest BCUT2D eigenvalue weighted by atomic mass is 35.5. The maximum absolute atomic E-state index is 13.2. The Labute approximate surface area is 153 Å². The van der Waals surface area contributed by atoms with Crippen molar-refractivity contribution in [3.8, 4) is 0 Å². The summed E-state index contributed by atoms with van der Waals surface area (Å²) >= 11 is 0. The Balaban J connectivity index is 0.00000208. The van der Waals surface area contributed by atoms with Crippen molar-refractivity contribution in [2.24, 2.45) is 16.7 Å². The highest BCUT2D eigenvalue weighted by Crippen LogP contribution is 2.60. The molecule has 3 aliphatic rings. The van der Waals surface area contributed by atoms with E-state index >= 15 is 0 Å². The van der Waals surface area contributed by atoms with Crippen LogP contribution in [-0.2, 0) is 9.53 Å². The maximum atomic E-state index is 13.2. The lowest BCUT2D eigenvalue weighted by atomic mass is 9.63. The van der Waals surface area contributed by atoms with E-state index in [-0.39, 0.29) is 23.7 Å². The summed E-state index contributed by atoms with van der Waals surface area (Å²) in [7, 11) is 0. The fourth-order valence-electron chi connectivity index (χ4n) is 4.91. The molecule has 0 aromatic heterocycles. The molecule has 1 N–H and O–H groups in total. The fraction of sp³-hybridized carbons (Fsp3) is 0.947. The van der Waals surface area contributed by atoms with Gasteiger partial charge < -0.3 is 15.0 Å². The molecule has 4 nitrogen and oxygen atoms in total. The molecule has 24 heavy (non-hydrogen) atoms. The van der Waals surface area contributed by atoms with Crippen LogP contribution in [0.1, 0.15) is 59.8 Å². The van der Waals surface area contributed by atoms with E-state index in [1.807, 2.05) is 0 Å². The predicted molar refractivity (Wildman–Crippen MR) is 99.5 cm³/mol. The third-order valence-corrected chi connectivity index (χ3v) is 6.70. The molecule has 2 aliphatic carbocycles. The zero-order chi connectivity index (χ0) is 16.7. The molecule has 3 rings (SSSR count). The minimum absolute atomic E-state index is 0. The van der Waals surface area contributed by atoms with E-state index in [9.17, 15) is 4.79 Å². The Morgan fingerprint density at radius 1 is 1.25 bits per heavy atom. The summed E-state index contributed by atoms with van der Waals surface area (Å²) in [5.74, 6) is 0.722. The van der Waals surface area contributed by atoms with Crippen LogP contribution in [-0.4, -0.2) is 49.2 Å². The summed E-state index contributed by atoms with van der Waals surface area (Å²) in [5.41, 5.74) is 0.415. The van der Waals surface area contributed by atoms with Gasteiger partial charge in [0.15, 0.2) is 0 Å². The van der Waals surface area contributed by atoms with Crippen LogP contribution in [0.2, 0.25) is 0 Å². The lowest BCUT2D eigenvalue weighted by Gasteiger charge is -2.56. The zero-order valence-electron chi connectivity index (χ0n) is 15.8. The Morgan fingerprint density at radius 3 is 2.46 bits per heavy atom. The van der Waals surface area contributed by atoms with Gasteiger partial charge in [0.1, 0.15) is 0 Å². The summed E-state index contributed by atoms with van der Waals surface area (Å²) < 4.78 is 5.87. The molecule has 0 bridgehead atoms. The number of nitrogens with zero attached hydrogens (tertiary/aromatic N) is 1. The van der Waals surface area contributed by atoms with Gasteiger partial charge in [-0.15, -0.1) is 12.4 Å². The average Bonchev–Trinajstić information content (AvgIpc) is 3.22. The summed E-state index contributed by atoms with van der Waals surface area (Å²) in [6.45, 7) is 12.6. The van der Waals surface area contributed by atoms with Gasteiger partial charge in [-0.1, -0.05) is 20.8 Å². The van der Waals surface area contributed by atoms with E-state index in [0.29, 0.717) is 23.5 Å². The molecule has 5 heteroatoms. The summed E-state index contributed by atoms with van der Waals surface area (Å²) in [6.07, 6.45) is 5.83. The Morgan fingerprint density at radius 2 is 1.92 bits per heavy atom. The van der Waals surface area contributed by atoms with E-state index < -0.39 is 0 Å². The van der Waals surface area contributed by atoms with Crippen LogP contribution in [0.25, 0.3) is 0 Å². The monoisotopic (exact) mass is 358 g/mol. The van der Waals surface area contributed by atoms with Gasteiger partial charge in [0.25, 0.3) is 0 Å². The van der Waals surface area contributed by atoms with Crippen molar-refractivity contribution < 1.29 is 9.53 Å². The minimum atomic E-state index is 0. The molecule has 3 unspecified atom stereocenters. The van der Waals surface area contributed by atoms with Crippen molar-refractivity contribution in [2.75, 3.05) is 26.2 Å². The number of piperidine rings is 1. The number of carbonyl (C=O) groups is 1. The number of hydrogen-bond acceptors (Lipinski definition) is 3. The number of halogens is 1. The molecule has 1 saturated heterocycles. The number of hydrogen-bond donors (Lipinski definition) is 1. The average molecular weight is 359 g/mol. The van der Waals surface area contributed by atoms with Crippen molar-refractivity contribution in [2.45, 2.75) is 71.9 Å². The van der Waals surface area contributed by atoms with E-state index in [0.717, 1.165) is 45.5 Å². The van der Waals surface area contributed by atoms with E-state index in [1.165, 1.54) is 12.8 Å². The van der Waals surface area contributed by atoms with Crippen LogP contribution < -0.4 is 5.32 Å². The standard InChI is InChI=1S/C19H34N2O2.ClH/c1-5-11-21(15-12-16(23-6-2)18(15,3)4)17(22)14-13-19(14)7-9-20-10-8-19;/h14-16,20H,5-13H2,1-4H3;1H. The SMILES string of the molecule is CCCN(C(=O)C1CC12CCNCC2)C1CC(OCC)C1(C)C.Cl. The molecule has 0 radical (unpaired) electrons. The molecule has 3 fully saturated rings. The van der Waals surface area contributed by atoms with Gasteiger partial charge >= 0.3 is 0 Å². The Bertz CT molecular complexity index is 449. The van der Waals surface area contributed by atoms with Crippen LogP contribution in [0, 0.1) is 16.7 Å². The zero-order valence-corrected chi connectivity index (χ0v) is 16.6. The third kappa shape index (κ3) is 3.34. The van der Waals surface area contributed by atoms with E-state index in [2.05, 4.69) is 37.9 Å². The lowest BCUT2D eigenvalue weighted by Crippen LogP contribution is -2.63. The van der Waals surface area contributed by atoms with Gasteiger partial charge in [-0.2, -0.15) is 0 Å². The van der Waals surface area contributed by atoms with Gasteiger partial charge in [-0.25, -0.2) is 0 Å². The highest BCUT2D eigenvalue weighted by molar-refractivity contribution is 5.85. The van der Waals surface area contributed by atoms with Crippen molar-refractivity contribution >= 4 is 18.3 Å². The normalized spacial score (nSPS) is 32.6. The topological polar surface area (TPSA) is 41.6 Å². The van der Waals surface area contributed by atoms with Crippen LogP contribution in [0.5, 0.6) is 0 Å². The van der Waals surface area contributed by atoms with Crippen LogP contribution >= 0.6 is 12.4 Å². The molecule has 2 saturated carbocycles. The molecule has 1 heterocycles. The molecule has 1 spiro atoms. The minimum Gasteiger partial charge on any atom is -0.378 e. The first-order valence-corrected chi connectivity index (χ1v) is 9.59. The highest BCUT2D eigenvalue weighted by Gasteiger charge is 2.61. The van der Waals surface area contributed by atoms with E-state index in [4.69, 9.17) is 4.74 Å². The quantitative estimate of drug-likeness (QED) is 0.792. The number of nitrogens with one attached hydrogen (secondary N) is 1. The van der Waals surface area contributed by atoms with Crippen molar-refractivity contribution in [3.05, 3.63) is 0 Å². The van der Waals surface area contributed by atoms with Crippen molar-refractivity contribution in [1.82, 2.24) is 10.2 Å². The molecule has 0 aromatic carbocycles. The van der Waals surface area contributed by atoms with Gasteiger partial charge in [0.2, 0.25) is 5.91 Å². The number of rotatable bonds is 6. The van der Waals surface area contributed by atoms with E-state index in [1.54, 1.807) is 0 Å². The maximum Gasteiger partial charge on any atom is 0.226 e. The molecular weight excluding hydrogens is 324 g/mol. The van der Waals surface area contributed by atoms with Gasteiger partial charge in [0.05, 0.1) is 6.10 Å². The van der Waals surface area contributed by atoms with Crippen molar-refractivity contribution in [1.29, 1.82) is 0 Å². The Kier molecular flexibility index (Phi) is 6.26. The largest absolute Gasteiger partial charge is 0.378 e. The molecule has 1 aliphatic heterocycles. The van der Waals surface area contributed by atoms with Crippen LogP contribution in [0.4, 0.5) is 0 Å². The molecule has 1 amide bonds. The van der Waals surface area contributed by atoms with Gasteiger partial charge in [-0.05, 0) is 57.5 Å². The lowest BCUT2D eigenvalue weighted by molar-refractivity contribution is -0.169. The fourth-order valence-corrected chi connectivity index (χ4v) is 4.91. The first-order chi connectivity index (χ1) is 11.0. The number of ether oxygens (including phenoxy) is 1. The van der Waals surface area contributed by atoms with Crippen LogP contribution in [0.3, 0.4) is 0 Å².